The van der Waals surface area contributed by atoms with Crippen molar-refractivity contribution in [2.24, 2.45) is 5.92 Å². The van der Waals surface area contributed by atoms with Crippen LogP contribution in [0.3, 0.4) is 0 Å². The molecule has 0 unspecified atom stereocenters. The predicted octanol–water partition coefficient (Wildman–Crippen LogP) is 1.86. The topological polar surface area (TPSA) is 59.6 Å². The van der Waals surface area contributed by atoms with Crippen LogP contribution in [0.25, 0.3) is 0 Å². The minimum Gasteiger partial charge on any atom is -0.493 e. The van der Waals surface area contributed by atoms with Crippen molar-refractivity contribution in [3.63, 3.8) is 0 Å². The summed E-state index contributed by atoms with van der Waals surface area (Å²) < 4.78 is 24.3. The summed E-state index contributed by atoms with van der Waals surface area (Å²) in [5, 5.41) is 6.40. The number of rotatable bonds is 5. The van der Waals surface area contributed by atoms with E-state index in [2.05, 4.69) is 10.6 Å². The van der Waals surface area contributed by atoms with E-state index in [1.165, 1.54) is 19.2 Å². The molecule has 1 amide bonds. The number of carbonyl (C=O) groups excluding carboxylic acids is 1. The highest BCUT2D eigenvalue weighted by molar-refractivity contribution is 5.80. The largest absolute Gasteiger partial charge is 0.493 e. The lowest BCUT2D eigenvalue weighted by atomic mass is 9.81. The van der Waals surface area contributed by atoms with E-state index in [4.69, 9.17) is 9.47 Å². The molecule has 1 saturated heterocycles. The average molecular weight is 322 g/mol. The molecule has 1 heterocycles. The van der Waals surface area contributed by atoms with Crippen LogP contribution in [0.1, 0.15) is 25.7 Å². The highest BCUT2D eigenvalue weighted by atomic mass is 19.1. The fourth-order valence-electron chi connectivity index (χ4n) is 3.08. The summed E-state index contributed by atoms with van der Waals surface area (Å²) in [6.45, 7) is 1.92. The first-order valence-electron chi connectivity index (χ1n) is 8.17. The number of methoxy groups -OCH3 is 1. The van der Waals surface area contributed by atoms with Crippen molar-refractivity contribution in [1.82, 2.24) is 10.6 Å². The Bertz CT molecular complexity index is 555. The second-order valence-corrected chi connectivity index (χ2v) is 6.24. The molecule has 6 heteroatoms. The SMILES string of the molecule is COc1ccc(F)cc1OC1CC(C(=O)NC2CCNCC2)C1. The van der Waals surface area contributed by atoms with E-state index in [0.717, 1.165) is 25.9 Å². The van der Waals surface area contributed by atoms with E-state index < -0.39 is 0 Å². The van der Waals surface area contributed by atoms with Gasteiger partial charge in [-0.2, -0.15) is 0 Å². The van der Waals surface area contributed by atoms with Gasteiger partial charge in [0, 0.05) is 18.0 Å². The molecule has 1 aromatic carbocycles. The molecule has 0 bridgehead atoms. The first kappa shape index (κ1) is 16.1. The van der Waals surface area contributed by atoms with Crippen LogP contribution in [0, 0.1) is 11.7 Å². The zero-order valence-corrected chi connectivity index (χ0v) is 13.3. The Morgan fingerprint density at radius 3 is 2.70 bits per heavy atom. The molecule has 23 heavy (non-hydrogen) atoms. The summed E-state index contributed by atoms with van der Waals surface area (Å²) in [6.07, 6.45) is 3.24. The van der Waals surface area contributed by atoms with Crippen molar-refractivity contribution in [1.29, 1.82) is 0 Å². The predicted molar refractivity (Wildman–Crippen MR) is 84.1 cm³/mol. The quantitative estimate of drug-likeness (QED) is 0.869. The molecule has 1 aromatic rings. The lowest BCUT2D eigenvalue weighted by Gasteiger charge is -2.36. The van der Waals surface area contributed by atoms with Gasteiger partial charge in [-0.05, 0) is 50.9 Å². The highest BCUT2D eigenvalue weighted by Gasteiger charge is 2.37. The zero-order chi connectivity index (χ0) is 16.2. The van der Waals surface area contributed by atoms with Gasteiger partial charge in [0.05, 0.1) is 7.11 Å². The Balaban J connectivity index is 1.47. The molecule has 2 aliphatic rings. The fourth-order valence-corrected chi connectivity index (χ4v) is 3.08. The van der Waals surface area contributed by atoms with Gasteiger partial charge in [0.1, 0.15) is 11.9 Å². The third-order valence-corrected chi connectivity index (χ3v) is 4.57. The number of hydrogen-bond acceptors (Lipinski definition) is 4. The highest BCUT2D eigenvalue weighted by Crippen LogP contribution is 2.35. The summed E-state index contributed by atoms with van der Waals surface area (Å²) in [7, 11) is 1.52. The molecule has 0 radical (unpaired) electrons. The summed E-state index contributed by atoms with van der Waals surface area (Å²) in [5.74, 6) is 0.654. The molecule has 5 nitrogen and oxygen atoms in total. The van der Waals surface area contributed by atoms with Gasteiger partial charge < -0.3 is 20.1 Å². The fraction of sp³-hybridized carbons (Fsp3) is 0.588. The Hall–Kier alpha value is -1.82. The second-order valence-electron chi connectivity index (χ2n) is 6.24. The third-order valence-electron chi connectivity index (χ3n) is 4.57. The molecule has 0 atom stereocenters. The van der Waals surface area contributed by atoms with Crippen molar-refractivity contribution < 1.29 is 18.7 Å². The minimum absolute atomic E-state index is 0.00515. The molecule has 1 saturated carbocycles. The average Bonchev–Trinajstić information content (AvgIpc) is 2.51. The van der Waals surface area contributed by atoms with Crippen molar-refractivity contribution in [3.05, 3.63) is 24.0 Å². The van der Waals surface area contributed by atoms with E-state index in [1.807, 2.05) is 0 Å². The number of carbonyl (C=O) groups is 1. The smallest absolute Gasteiger partial charge is 0.223 e. The summed E-state index contributed by atoms with van der Waals surface area (Å²) in [4.78, 5) is 12.2. The summed E-state index contributed by atoms with van der Waals surface area (Å²) >= 11 is 0. The molecule has 1 aliphatic heterocycles. The van der Waals surface area contributed by atoms with Crippen LogP contribution in [0.2, 0.25) is 0 Å². The van der Waals surface area contributed by atoms with Gasteiger partial charge in [-0.25, -0.2) is 4.39 Å². The van der Waals surface area contributed by atoms with Crippen LogP contribution in [0.4, 0.5) is 4.39 Å². The molecule has 0 spiro atoms. The number of piperidine rings is 1. The molecular formula is C17H23FN2O3. The minimum atomic E-state index is -0.361. The van der Waals surface area contributed by atoms with E-state index in [0.29, 0.717) is 24.3 Å². The number of amides is 1. The Morgan fingerprint density at radius 2 is 2.00 bits per heavy atom. The Labute approximate surface area is 135 Å². The molecule has 2 N–H and O–H groups in total. The van der Waals surface area contributed by atoms with Crippen molar-refractivity contribution in [2.75, 3.05) is 20.2 Å². The van der Waals surface area contributed by atoms with Gasteiger partial charge in [0.25, 0.3) is 0 Å². The molecule has 1 aliphatic carbocycles. The van der Waals surface area contributed by atoms with Gasteiger partial charge >= 0.3 is 0 Å². The van der Waals surface area contributed by atoms with Gasteiger partial charge in [0.2, 0.25) is 5.91 Å². The summed E-state index contributed by atoms with van der Waals surface area (Å²) in [5.41, 5.74) is 0. The van der Waals surface area contributed by atoms with Gasteiger partial charge in [-0.1, -0.05) is 0 Å². The lowest BCUT2D eigenvalue weighted by Crippen LogP contribution is -2.49. The van der Waals surface area contributed by atoms with Crippen LogP contribution in [-0.2, 0) is 4.79 Å². The first-order valence-corrected chi connectivity index (χ1v) is 8.17. The maximum absolute atomic E-state index is 13.3. The van der Waals surface area contributed by atoms with E-state index in [9.17, 15) is 9.18 Å². The second kappa shape index (κ2) is 7.17. The molecular weight excluding hydrogens is 299 g/mol. The standard InChI is InChI=1S/C17H23FN2O3/c1-22-15-3-2-12(18)10-16(15)23-14-8-11(9-14)17(21)20-13-4-6-19-7-5-13/h2-3,10-11,13-14,19H,4-9H2,1H3,(H,20,21). The van der Waals surface area contributed by atoms with E-state index in [1.54, 1.807) is 6.07 Å². The number of benzene rings is 1. The van der Waals surface area contributed by atoms with E-state index in [-0.39, 0.29) is 29.8 Å². The monoisotopic (exact) mass is 322 g/mol. The van der Waals surface area contributed by atoms with Crippen LogP contribution in [0.15, 0.2) is 18.2 Å². The van der Waals surface area contributed by atoms with E-state index >= 15 is 0 Å². The van der Waals surface area contributed by atoms with Crippen LogP contribution < -0.4 is 20.1 Å². The maximum Gasteiger partial charge on any atom is 0.223 e. The normalized spacial score (nSPS) is 24.6. The Kier molecular flexibility index (Phi) is 5.00. The number of halogens is 1. The summed E-state index contributed by atoms with van der Waals surface area (Å²) in [6, 6.07) is 4.49. The number of nitrogens with one attached hydrogen (secondary N) is 2. The van der Waals surface area contributed by atoms with Crippen molar-refractivity contribution in [3.8, 4) is 11.5 Å². The van der Waals surface area contributed by atoms with Crippen molar-refractivity contribution >= 4 is 5.91 Å². The number of ether oxygens (including phenoxy) is 2. The van der Waals surface area contributed by atoms with Gasteiger partial charge in [-0.3, -0.25) is 4.79 Å². The van der Waals surface area contributed by atoms with Crippen molar-refractivity contribution in [2.45, 2.75) is 37.8 Å². The Morgan fingerprint density at radius 1 is 1.26 bits per heavy atom. The van der Waals surface area contributed by atoms with Gasteiger partial charge in [0.15, 0.2) is 11.5 Å². The number of hydrogen-bond donors (Lipinski definition) is 2. The van der Waals surface area contributed by atoms with Crippen LogP contribution >= 0.6 is 0 Å². The molecule has 0 aromatic heterocycles. The molecule has 2 fully saturated rings. The van der Waals surface area contributed by atoms with Crippen LogP contribution in [-0.4, -0.2) is 38.3 Å². The lowest BCUT2D eigenvalue weighted by molar-refractivity contribution is -0.131. The molecule has 3 rings (SSSR count). The van der Waals surface area contributed by atoms with Gasteiger partial charge in [-0.15, -0.1) is 0 Å². The first-order chi connectivity index (χ1) is 11.2. The van der Waals surface area contributed by atoms with Crippen LogP contribution in [0.5, 0.6) is 11.5 Å². The third kappa shape index (κ3) is 3.93. The molecule has 126 valence electrons. The maximum atomic E-state index is 13.3. The zero-order valence-electron chi connectivity index (χ0n) is 13.3.